The summed E-state index contributed by atoms with van der Waals surface area (Å²) in [6.45, 7) is 0. The van der Waals surface area contributed by atoms with Crippen molar-refractivity contribution in [3.8, 4) is 0 Å². The van der Waals surface area contributed by atoms with Gasteiger partial charge in [-0.2, -0.15) is 0 Å². The van der Waals surface area contributed by atoms with Crippen LogP contribution in [0.2, 0.25) is 0 Å². The Morgan fingerprint density at radius 2 is 0.800 bits per heavy atom. The Morgan fingerprint density at radius 1 is 0.500 bits per heavy atom. The largest absolute Gasteiger partial charge is 0.0465 e. The zero-order valence-electron chi connectivity index (χ0n) is 6.03. The first-order chi connectivity index (χ1) is 4.97. The third kappa shape index (κ3) is 0.202. The fourth-order valence-corrected chi connectivity index (χ4v) is 5.12. The molecule has 5 rings (SSSR count). The van der Waals surface area contributed by atoms with Crippen LogP contribution in [0.4, 0.5) is 0 Å². The molecule has 0 radical (unpaired) electrons. The highest BCUT2D eigenvalue weighted by Gasteiger charge is 2.83. The van der Waals surface area contributed by atoms with E-state index in [0.717, 1.165) is 0 Å². The molecule has 0 bridgehead atoms. The van der Waals surface area contributed by atoms with Gasteiger partial charge in [0.1, 0.15) is 0 Å². The van der Waals surface area contributed by atoms with Crippen LogP contribution in [0.1, 0.15) is 12.8 Å². The van der Waals surface area contributed by atoms with Crippen molar-refractivity contribution in [2.45, 2.75) is 12.8 Å². The first-order valence-corrected chi connectivity index (χ1v) is 4.97. The van der Waals surface area contributed by atoms with E-state index in [4.69, 9.17) is 0 Å². The van der Waals surface area contributed by atoms with Crippen molar-refractivity contribution in [3.63, 3.8) is 0 Å². The summed E-state index contributed by atoms with van der Waals surface area (Å²) in [4.78, 5) is 0. The third-order valence-corrected chi connectivity index (χ3v) is 5.54. The van der Waals surface area contributed by atoms with E-state index < -0.39 is 0 Å². The van der Waals surface area contributed by atoms with E-state index in [-0.39, 0.29) is 0 Å². The SMILES string of the molecule is C1[C@@H]2C3C(C4C3[C@H]3C[C@@H]43)[C@@H]12. The van der Waals surface area contributed by atoms with Crippen LogP contribution in [0.15, 0.2) is 0 Å². The molecule has 0 heterocycles. The summed E-state index contributed by atoms with van der Waals surface area (Å²) in [5.74, 6) is 10.4. The Morgan fingerprint density at radius 3 is 1.10 bits per heavy atom. The average Bonchev–Trinajstić information content (AvgIpc) is 2.65. The zero-order valence-corrected chi connectivity index (χ0v) is 6.03. The summed E-state index contributed by atoms with van der Waals surface area (Å²) in [5.41, 5.74) is 0. The van der Waals surface area contributed by atoms with Crippen LogP contribution in [-0.2, 0) is 0 Å². The molecule has 0 aromatic carbocycles. The zero-order chi connectivity index (χ0) is 6.03. The molecule has 10 heavy (non-hydrogen) atoms. The molecule has 5 aliphatic rings. The molecular weight excluding hydrogens is 120 g/mol. The minimum absolute atomic E-state index is 1.28. The number of hydrogen-bond acceptors (Lipinski definition) is 0. The standard InChI is InChI=1S/C10H12/c1-3-4(1)8-7(3)9-5-2-6(5)10(8)9/h3-10H,1-2H2/t3-,4-,5-,6+,7?,8?,9?,10?/m0/s1. The predicted octanol–water partition coefficient (Wildman–Crippen LogP) is 1.76. The smallest absolute Gasteiger partial charge is 0.0315 e. The lowest BCUT2D eigenvalue weighted by Gasteiger charge is -2.65. The molecule has 8 atom stereocenters. The fraction of sp³-hybridized carbons (Fsp3) is 1.00. The van der Waals surface area contributed by atoms with E-state index in [1.54, 1.807) is 12.8 Å². The van der Waals surface area contributed by atoms with Crippen LogP contribution >= 0.6 is 0 Å². The Balaban J connectivity index is 1.67. The topological polar surface area (TPSA) is 0 Å². The second-order valence-corrected chi connectivity index (χ2v) is 5.44. The Kier molecular flexibility index (Phi) is 0.352. The molecule has 0 spiro atoms. The maximum Gasteiger partial charge on any atom is -0.0315 e. The molecule has 5 aliphatic carbocycles. The Labute approximate surface area is 61.0 Å². The van der Waals surface area contributed by atoms with Crippen molar-refractivity contribution in [1.82, 2.24) is 0 Å². The molecule has 0 heteroatoms. The molecule has 0 saturated heterocycles. The van der Waals surface area contributed by atoms with Gasteiger partial charge in [-0.25, -0.2) is 0 Å². The molecule has 0 aromatic rings. The van der Waals surface area contributed by atoms with Crippen LogP contribution in [-0.4, -0.2) is 0 Å². The summed E-state index contributed by atoms with van der Waals surface area (Å²) < 4.78 is 0. The molecule has 0 aliphatic heterocycles. The molecule has 52 valence electrons. The Bertz CT molecular complexity index is 186. The van der Waals surface area contributed by atoms with Gasteiger partial charge in [0.15, 0.2) is 0 Å². The minimum atomic E-state index is 1.28. The van der Waals surface area contributed by atoms with E-state index in [2.05, 4.69) is 0 Å². The first kappa shape index (κ1) is 4.13. The third-order valence-electron chi connectivity index (χ3n) is 5.54. The summed E-state index contributed by atoms with van der Waals surface area (Å²) in [7, 11) is 0. The van der Waals surface area contributed by atoms with Crippen molar-refractivity contribution >= 4 is 0 Å². The van der Waals surface area contributed by atoms with E-state index in [1.807, 2.05) is 0 Å². The van der Waals surface area contributed by atoms with Crippen molar-refractivity contribution in [2.24, 2.45) is 47.3 Å². The van der Waals surface area contributed by atoms with Crippen LogP contribution < -0.4 is 0 Å². The quantitative estimate of drug-likeness (QED) is 0.441. The molecule has 5 fully saturated rings. The summed E-state index contributed by atoms with van der Waals surface area (Å²) >= 11 is 0. The van der Waals surface area contributed by atoms with Crippen molar-refractivity contribution in [2.75, 3.05) is 0 Å². The normalized spacial score (nSPS) is 91.2. The van der Waals surface area contributed by atoms with E-state index in [1.165, 1.54) is 47.3 Å². The van der Waals surface area contributed by atoms with Gasteiger partial charge in [-0.15, -0.1) is 0 Å². The van der Waals surface area contributed by atoms with Gasteiger partial charge in [0.2, 0.25) is 0 Å². The molecule has 0 amide bonds. The van der Waals surface area contributed by atoms with E-state index in [0.29, 0.717) is 0 Å². The molecule has 4 unspecified atom stereocenters. The van der Waals surface area contributed by atoms with E-state index >= 15 is 0 Å². The van der Waals surface area contributed by atoms with Gasteiger partial charge < -0.3 is 0 Å². The van der Waals surface area contributed by atoms with Crippen molar-refractivity contribution in [3.05, 3.63) is 0 Å². The monoisotopic (exact) mass is 132 g/mol. The van der Waals surface area contributed by atoms with Crippen molar-refractivity contribution < 1.29 is 0 Å². The highest BCUT2D eigenvalue weighted by atomic mass is 14.9. The van der Waals surface area contributed by atoms with Crippen LogP contribution in [0.5, 0.6) is 0 Å². The van der Waals surface area contributed by atoms with Gasteiger partial charge in [0.05, 0.1) is 0 Å². The van der Waals surface area contributed by atoms with Gasteiger partial charge in [-0.05, 0) is 60.2 Å². The van der Waals surface area contributed by atoms with Crippen LogP contribution in [0.3, 0.4) is 0 Å². The maximum atomic E-state index is 1.65. The summed E-state index contributed by atoms with van der Waals surface area (Å²) in [6, 6.07) is 0. The molecule has 5 saturated carbocycles. The molecule has 0 N–H and O–H groups in total. The number of hydrogen-bond donors (Lipinski definition) is 0. The van der Waals surface area contributed by atoms with Gasteiger partial charge >= 0.3 is 0 Å². The molecule has 0 aromatic heterocycles. The lowest BCUT2D eigenvalue weighted by Crippen LogP contribution is -2.62. The fourth-order valence-electron chi connectivity index (χ4n) is 5.12. The molecule has 0 nitrogen and oxygen atoms in total. The lowest BCUT2D eigenvalue weighted by molar-refractivity contribution is -0.183. The highest BCUT2D eigenvalue weighted by Crippen LogP contribution is 2.88. The predicted molar refractivity (Wildman–Crippen MR) is 37.2 cm³/mol. The minimum Gasteiger partial charge on any atom is -0.0465 e. The molecular formula is C10H12. The second kappa shape index (κ2) is 0.852. The first-order valence-electron chi connectivity index (χ1n) is 4.97. The van der Waals surface area contributed by atoms with Gasteiger partial charge in [0.25, 0.3) is 0 Å². The van der Waals surface area contributed by atoms with Gasteiger partial charge in [0, 0.05) is 0 Å². The van der Waals surface area contributed by atoms with Crippen molar-refractivity contribution in [1.29, 1.82) is 0 Å². The number of rotatable bonds is 0. The van der Waals surface area contributed by atoms with Crippen LogP contribution in [0.25, 0.3) is 0 Å². The summed E-state index contributed by atoms with van der Waals surface area (Å²) in [6.07, 6.45) is 3.31. The maximum absolute atomic E-state index is 1.65. The highest BCUT2D eigenvalue weighted by molar-refractivity contribution is 5.31. The van der Waals surface area contributed by atoms with E-state index in [9.17, 15) is 0 Å². The summed E-state index contributed by atoms with van der Waals surface area (Å²) in [5, 5.41) is 0. The lowest BCUT2D eigenvalue weighted by atomic mass is 9.39. The van der Waals surface area contributed by atoms with Gasteiger partial charge in [-0.1, -0.05) is 0 Å². The van der Waals surface area contributed by atoms with Crippen LogP contribution in [0, 0.1) is 47.3 Å². The average molecular weight is 132 g/mol. The van der Waals surface area contributed by atoms with Gasteiger partial charge in [-0.3, -0.25) is 0 Å². The Hall–Kier alpha value is 0. The second-order valence-electron chi connectivity index (χ2n) is 5.44. The number of fused-ring (bicyclic) bond motifs is 10.